The van der Waals surface area contributed by atoms with Gasteiger partial charge in [0.1, 0.15) is 0 Å². The zero-order valence-corrected chi connectivity index (χ0v) is 19.3. The first-order valence-electron chi connectivity index (χ1n) is 12.0. The molecule has 2 heteroatoms. The summed E-state index contributed by atoms with van der Waals surface area (Å²) >= 11 is 0. The maximum atomic E-state index is 5.83. The molecule has 26 heavy (non-hydrogen) atoms. The summed E-state index contributed by atoms with van der Waals surface area (Å²) in [6.45, 7) is 16.2. The Morgan fingerprint density at radius 3 is 1.65 bits per heavy atom. The third-order valence-corrected chi connectivity index (χ3v) is 5.44. The largest absolute Gasteiger partial charge is 0.382 e. The number of rotatable bonds is 14. The van der Waals surface area contributed by atoms with Crippen LogP contribution in [0, 0.1) is 5.41 Å². The van der Waals surface area contributed by atoms with Gasteiger partial charge in [0.2, 0.25) is 0 Å². The highest BCUT2D eigenvalue weighted by molar-refractivity contribution is 4.81. The molecule has 0 aromatic carbocycles. The standard InChI is InChI=1S/C20H40O2.2C2H6/c1-3-20(14-9-8-10-15-20)16-13-19-22-18-12-7-5-6-11-17-21-4-2;2*1-2/h3-19H2,1-2H3;2*1-2H3. The van der Waals surface area contributed by atoms with Gasteiger partial charge < -0.3 is 9.47 Å². The van der Waals surface area contributed by atoms with E-state index in [0.29, 0.717) is 5.41 Å². The molecule has 0 aliphatic heterocycles. The third kappa shape index (κ3) is 16.1. The van der Waals surface area contributed by atoms with Crippen molar-refractivity contribution in [3.05, 3.63) is 0 Å². The van der Waals surface area contributed by atoms with Gasteiger partial charge in [-0.3, -0.25) is 0 Å². The average molecular weight is 373 g/mol. The van der Waals surface area contributed by atoms with Crippen LogP contribution in [0.4, 0.5) is 0 Å². The minimum absolute atomic E-state index is 0.669. The van der Waals surface area contributed by atoms with E-state index >= 15 is 0 Å². The lowest BCUT2D eigenvalue weighted by atomic mass is 9.69. The van der Waals surface area contributed by atoms with E-state index in [1.54, 1.807) is 0 Å². The van der Waals surface area contributed by atoms with Gasteiger partial charge in [-0.15, -0.1) is 0 Å². The van der Waals surface area contributed by atoms with E-state index in [-0.39, 0.29) is 0 Å². The highest BCUT2D eigenvalue weighted by atomic mass is 16.5. The van der Waals surface area contributed by atoms with Crippen LogP contribution in [-0.4, -0.2) is 26.4 Å². The van der Waals surface area contributed by atoms with Crippen LogP contribution in [0.15, 0.2) is 0 Å². The molecule has 2 nitrogen and oxygen atoms in total. The zero-order chi connectivity index (χ0) is 19.9. The van der Waals surface area contributed by atoms with Gasteiger partial charge >= 0.3 is 0 Å². The summed E-state index contributed by atoms with van der Waals surface area (Å²) in [4.78, 5) is 0. The second-order valence-corrected chi connectivity index (χ2v) is 7.09. The molecule has 0 radical (unpaired) electrons. The van der Waals surface area contributed by atoms with Crippen LogP contribution in [-0.2, 0) is 9.47 Å². The lowest BCUT2D eigenvalue weighted by Crippen LogP contribution is -2.23. The van der Waals surface area contributed by atoms with Crippen LogP contribution >= 0.6 is 0 Å². The molecule has 1 rings (SSSR count). The molecule has 0 aromatic rings. The number of ether oxygens (including phenoxy) is 2. The van der Waals surface area contributed by atoms with Gasteiger partial charge in [-0.05, 0) is 50.9 Å². The monoisotopic (exact) mass is 372 g/mol. The summed E-state index contributed by atoms with van der Waals surface area (Å²) in [5.41, 5.74) is 0.669. The van der Waals surface area contributed by atoms with Gasteiger partial charge in [-0.2, -0.15) is 0 Å². The molecule has 1 saturated carbocycles. The normalized spacial score (nSPS) is 15.5. The van der Waals surface area contributed by atoms with E-state index in [2.05, 4.69) is 13.8 Å². The second kappa shape index (κ2) is 23.0. The lowest BCUT2D eigenvalue weighted by Gasteiger charge is -2.36. The van der Waals surface area contributed by atoms with Crippen molar-refractivity contribution >= 4 is 0 Å². The molecule has 0 aromatic heterocycles. The van der Waals surface area contributed by atoms with Crippen LogP contribution < -0.4 is 0 Å². The Morgan fingerprint density at radius 1 is 0.615 bits per heavy atom. The van der Waals surface area contributed by atoms with Crippen LogP contribution in [0.3, 0.4) is 0 Å². The predicted molar refractivity (Wildman–Crippen MR) is 118 cm³/mol. The van der Waals surface area contributed by atoms with E-state index in [1.165, 1.54) is 83.5 Å². The van der Waals surface area contributed by atoms with E-state index in [9.17, 15) is 0 Å². The third-order valence-electron chi connectivity index (χ3n) is 5.44. The molecule has 0 bridgehead atoms. The molecule has 1 fully saturated rings. The number of unbranched alkanes of at least 4 members (excludes halogenated alkanes) is 4. The van der Waals surface area contributed by atoms with E-state index in [0.717, 1.165) is 26.4 Å². The molecule has 0 saturated heterocycles. The van der Waals surface area contributed by atoms with E-state index in [1.807, 2.05) is 27.7 Å². The van der Waals surface area contributed by atoms with Crippen molar-refractivity contribution in [1.29, 1.82) is 0 Å². The maximum Gasteiger partial charge on any atom is 0.0466 e. The molecule has 0 N–H and O–H groups in total. The molecule has 0 amide bonds. The quantitative estimate of drug-likeness (QED) is 0.286. The Morgan fingerprint density at radius 2 is 1.12 bits per heavy atom. The Balaban J connectivity index is 0. The zero-order valence-electron chi connectivity index (χ0n) is 19.3. The lowest BCUT2D eigenvalue weighted by molar-refractivity contribution is 0.0979. The van der Waals surface area contributed by atoms with Gasteiger partial charge in [0, 0.05) is 26.4 Å². The fourth-order valence-electron chi connectivity index (χ4n) is 3.82. The molecule has 1 aliphatic carbocycles. The predicted octanol–water partition coefficient (Wildman–Crippen LogP) is 8.18. The van der Waals surface area contributed by atoms with E-state index in [4.69, 9.17) is 9.47 Å². The van der Waals surface area contributed by atoms with Crippen LogP contribution in [0.5, 0.6) is 0 Å². The minimum Gasteiger partial charge on any atom is -0.382 e. The van der Waals surface area contributed by atoms with Crippen molar-refractivity contribution in [2.75, 3.05) is 26.4 Å². The van der Waals surface area contributed by atoms with Crippen LogP contribution in [0.25, 0.3) is 0 Å². The molecule has 1 aliphatic rings. The number of hydrogen-bond donors (Lipinski definition) is 0. The number of hydrogen-bond acceptors (Lipinski definition) is 2. The van der Waals surface area contributed by atoms with Gasteiger partial charge in [0.05, 0.1) is 0 Å². The first-order chi connectivity index (χ1) is 12.8. The fraction of sp³-hybridized carbons (Fsp3) is 1.00. The minimum atomic E-state index is 0.669. The molecular formula is C24H52O2. The Bertz CT molecular complexity index is 234. The summed E-state index contributed by atoms with van der Waals surface area (Å²) in [5, 5.41) is 0. The summed E-state index contributed by atoms with van der Waals surface area (Å²) < 4.78 is 11.2. The molecular weight excluding hydrogens is 320 g/mol. The highest BCUT2D eigenvalue weighted by Crippen LogP contribution is 2.42. The fourth-order valence-corrected chi connectivity index (χ4v) is 3.82. The molecule has 0 atom stereocenters. The van der Waals surface area contributed by atoms with Crippen molar-refractivity contribution in [1.82, 2.24) is 0 Å². The molecule has 0 unspecified atom stereocenters. The van der Waals surface area contributed by atoms with Crippen molar-refractivity contribution in [2.45, 2.75) is 125 Å². The van der Waals surface area contributed by atoms with Crippen molar-refractivity contribution in [3.8, 4) is 0 Å². The van der Waals surface area contributed by atoms with Crippen LogP contribution in [0.2, 0.25) is 0 Å². The Labute approximate surface area is 166 Å². The smallest absolute Gasteiger partial charge is 0.0466 e. The highest BCUT2D eigenvalue weighted by Gasteiger charge is 2.29. The SMILES string of the molecule is CC.CC.CCOCCCCCCCOCCCC1(CC)CCCCC1. The van der Waals surface area contributed by atoms with Gasteiger partial charge in [-0.1, -0.05) is 79.6 Å². The van der Waals surface area contributed by atoms with E-state index < -0.39 is 0 Å². The summed E-state index contributed by atoms with van der Waals surface area (Å²) in [6, 6.07) is 0. The van der Waals surface area contributed by atoms with Gasteiger partial charge in [0.25, 0.3) is 0 Å². The van der Waals surface area contributed by atoms with Gasteiger partial charge in [0.15, 0.2) is 0 Å². The van der Waals surface area contributed by atoms with Crippen molar-refractivity contribution in [3.63, 3.8) is 0 Å². The average Bonchev–Trinajstić information content (AvgIpc) is 2.72. The second-order valence-electron chi connectivity index (χ2n) is 7.09. The first kappa shape index (κ1) is 28.1. The summed E-state index contributed by atoms with van der Waals surface area (Å²) in [5.74, 6) is 0. The van der Waals surface area contributed by atoms with Crippen molar-refractivity contribution < 1.29 is 9.47 Å². The molecule has 160 valence electrons. The van der Waals surface area contributed by atoms with Crippen molar-refractivity contribution in [2.24, 2.45) is 5.41 Å². The Hall–Kier alpha value is -0.0800. The summed E-state index contributed by atoms with van der Waals surface area (Å²) in [7, 11) is 0. The molecule has 0 spiro atoms. The maximum absolute atomic E-state index is 5.83. The van der Waals surface area contributed by atoms with Crippen LogP contribution in [0.1, 0.15) is 125 Å². The van der Waals surface area contributed by atoms with Gasteiger partial charge in [-0.25, -0.2) is 0 Å². The molecule has 0 heterocycles. The topological polar surface area (TPSA) is 18.5 Å². The summed E-state index contributed by atoms with van der Waals surface area (Å²) in [6.07, 6.45) is 17.7. The Kier molecular flexibility index (Phi) is 24.8. The first-order valence-corrected chi connectivity index (χ1v) is 12.0.